The van der Waals surface area contributed by atoms with E-state index in [-0.39, 0.29) is 17.9 Å². The van der Waals surface area contributed by atoms with E-state index in [1.54, 1.807) is 42.2 Å². The molecule has 3 amide bonds. The lowest BCUT2D eigenvalue weighted by Crippen LogP contribution is -2.45. The Morgan fingerprint density at radius 1 is 1.30 bits per heavy atom. The van der Waals surface area contributed by atoms with Gasteiger partial charge < -0.3 is 15.1 Å². The summed E-state index contributed by atoms with van der Waals surface area (Å²) in [6.07, 6.45) is 3.03. The van der Waals surface area contributed by atoms with Gasteiger partial charge in [0.05, 0.1) is 0 Å². The van der Waals surface area contributed by atoms with E-state index in [1.165, 1.54) is 0 Å². The zero-order chi connectivity index (χ0) is 14.5. The van der Waals surface area contributed by atoms with Crippen LogP contribution in [0, 0.1) is 5.92 Å². The van der Waals surface area contributed by atoms with Gasteiger partial charge in [0, 0.05) is 39.3 Å². The monoisotopic (exact) mass is 276 g/mol. The maximum atomic E-state index is 12.1. The third-order valence-corrected chi connectivity index (χ3v) is 3.44. The Kier molecular flexibility index (Phi) is 4.55. The first-order chi connectivity index (χ1) is 9.58. The van der Waals surface area contributed by atoms with Gasteiger partial charge in [0.15, 0.2) is 0 Å². The molecule has 0 aromatic carbocycles. The number of urea groups is 1. The van der Waals surface area contributed by atoms with E-state index in [2.05, 4.69) is 10.3 Å². The van der Waals surface area contributed by atoms with Crippen LogP contribution in [0.5, 0.6) is 0 Å². The van der Waals surface area contributed by atoms with Crippen LogP contribution >= 0.6 is 0 Å². The van der Waals surface area contributed by atoms with Gasteiger partial charge in [-0.2, -0.15) is 0 Å². The van der Waals surface area contributed by atoms with Crippen molar-refractivity contribution in [2.45, 2.75) is 12.8 Å². The first-order valence-electron chi connectivity index (χ1n) is 6.76. The van der Waals surface area contributed by atoms with Gasteiger partial charge in [-0.05, 0) is 25.0 Å². The minimum atomic E-state index is -0.0526. The summed E-state index contributed by atoms with van der Waals surface area (Å²) in [6, 6.07) is 5.42. The van der Waals surface area contributed by atoms with Crippen molar-refractivity contribution in [1.82, 2.24) is 14.8 Å². The van der Waals surface area contributed by atoms with E-state index in [0.717, 1.165) is 0 Å². The molecule has 0 aliphatic carbocycles. The van der Waals surface area contributed by atoms with Crippen LogP contribution in [0.4, 0.5) is 10.6 Å². The molecule has 1 fully saturated rings. The molecule has 0 bridgehead atoms. The number of amides is 3. The topological polar surface area (TPSA) is 65.5 Å². The van der Waals surface area contributed by atoms with Crippen LogP contribution in [0.15, 0.2) is 24.4 Å². The lowest BCUT2D eigenvalue weighted by atomic mass is 9.96. The van der Waals surface area contributed by atoms with Gasteiger partial charge in [-0.1, -0.05) is 6.07 Å². The number of rotatable bonds is 2. The molecular formula is C14H20N4O2. The Hall–Kier alpha value is -2.11. The lowest BCUT2D eigenvalue weighted by Gasteiger charge is -2.32. The molecule has 0 unspecified atom stereocenters. The van der Waals surface area contributed by atoms with Crippen LogP contribution in [0.3, 0.4) is 0 Å². The second kappa shape index (κ2) is 6.36. The highest BCUT2D eigenvalue weighted by Crippen LogP contribution is 2.19. The van der Waals surface area contributed by atoms with Gasteiger partial charge in [-0.15, -0.1) is 0 Å². The molecule has 1 N–H and O–H groups in total. The summed E-state index contributed by atoms with van der Waals surface area (Å²) in [6.45, 7) is 1.24. The zero-order valence-electron chi connectivity index (χ0n) is 11.9. The molecule has 1 aliphatic heterocycles. The molecule has 0 saturated carbocycles. The first kappa shape index (κ1) is 14.3. The molecule has 6 nitrogen and oxygen atoms in total. The van der Waals surface area contributed by atoms with Crippen LogP contribution in [0.1, 0.15) is 12.8 Å². The molecule has 2 rings (SSSR count). The Morgan fingerprint density at radius 3 is 2.55 bits per heavy atom. The number of hydrogen-bond acceptors (Lipinski definition) is 3. The molecule has 1 saturated heterocycles. The molecule has 6 heteroatoms. The van der Waals surface area contributed by atoms with E-state index in [9.17, 15) is 9.59 Å². The van der Waals surface area contributed by atoms with Gasteiger partial charge in [-0.3, -0.25) is 4.79 Å². The smallest absolute Gasteiger partial charge is 0.319 e. The summed E-state index contributed by atoms with van der Waals surface area (Å²) < 4.78 is 0. The molecule has 1 aromatic rings. The molecule has 108 valence electrons. The van der Waals surface area contributed by atoms with Crippen molar-refractivity contribution < 1.29 is 9.59 Å². The second-order valence-electron chi connectivity index (χ2n) is 5.14. The van der Waals surface area contributed by atoms with Crippen LogP contribution in [-0.2, 0) is 4.79 Å². The summed E-state index contributed by atoms with van der Waals surface area (Å²) in [5, 5.41) is 2.81. The normalized spacial score (nSPS) is 15.8. The molecular weight excluding hydrogens is 256 g/mol. The number of piperidine rings is 1. The summed E-state index contributed by atoms with van der Waals surface area (Å²) in [5.74, 6) is 0.508. The highest BCUT2D eigenvalue weighted by molar-refractivity contribution is 5.91. The molecule has 0 atom stereocenters. The van der Waals surface area contributed by atoms with Gasteiger partial charge in [-0.25, -0.2) is 9.78 Å². The van der Waals surface area contributed by atoms with Gasteiger partial charge in [0.25, 0.3) is 0 Å². The number of carbonyl (C=O) groups excluding carboxylic acids is 2. The van der Waals surface area contributed by atoms with Crippen LogP contribution in [0.25, 0.3) is 0 Å². The summed E-state index contributed by atoms with van der Waals surface area (Å²) in [7, 11) is 3.48. The highest BCUT2D eigenvalue weighted by atomic mass is 16.2. The predicted octanol–water partition coefficient (Wildman–Crippen LogP) is 1.41. The summed E-state index contributed by atoms with van der Waals surface area (Å²) >= 11 is 0. The Balaban J connectivity index is 1.84. The van der Waals surface area contributed by atoms with Crippen LogP contribution < -0.4 is 5.32 Å². The van der Waals surface area contributed by atoms with Gasteiger partial charge >= 0.3 is 6.03 Å². The fraction of sp³-hybridized carbons (Fsp3) is 0.500. The zero-order valence-corrected chi connectivity index (χ0v) is 11.9. The van der Waals surface area contributed by atoms with Gasteiger partial charge in [0.1, 0.15) is 5.82 Å². The van der Waals surface area contributed by atoms with Crippen molar-refractivity contribution in [2.75, 3.05) is 32.5 Å². The average molecular weight is 276 g/mol. The third kappa shape index (κ3) is 3.46. The van der Waals surface area contributed by atoms with Crippen molar-refractivity contribution in [1.29, 1.82) is 0 Å². The fourth-order valence-electron chi connectivity index (χ4n) is 2.28. The maximum absolute atomic E-state index is 12.1. The van der Waals surface area contributed by atoms with Crippen molar-refractivity contribution in [3.05, 3.63) is 24.4 Å². The lowest BCUT2D eigenvalue weighted by molar-refractivity contribution is -0.121. The minimum absolute atomic E-state index is 0.00795. The Labute approximate surface area is 118 Å². The summed E-state index contributed by atoms with van der Waals surface area (Å²) in [4.78, 5) is 31.3. The van der Waals surface area contributed by atoms with Crippen LogP contribution in [0.2, 0.25) is 0 Å². The number of aromatic nitrogens is 1. The van der Waals surface area contributed by atoms with E-state index in [1.807, 2.05) is 6.07 Å². The first-order valence-corrected chi connectivity index (χ1v) is 6.76. The SMILES string of the molecule is CN(C)C(=O)N1CCC(C(=O)Nc2ccccn2)CC1. The Morgan fingerprint density at radius 2 is 2.00 bits per heavy atom. The molecule has 20 heavy (non-hydrogen) atoms. The van der Waals surface area contributed by atoms with Crippen LogP contribution in [-0.4, -0.2) is 53.9 Å². The average Bonchev–Trinajstić information content (AvgIpc) is 2.47. The molecule has 1 aliphatic rings. The largest absolute Gasteiger partial charge is 0.331 e. The molecule has 0 radical (unpaired) electrons. The van der Waals surface area contributed by atoms with Crippen molar-refractivity contribution in [3.63, 3.8) is 0 Å². The van der Waals surface area contributed by atoms with E-state index in [4.69, 9.17) is 0 Å². The highest BCUT2D eigenvalue weighted by Gasteiger charge is 2.28. The number of hydrogen-bond donors (Lipinski definition) is 1. The van der Waals surface area contributed by atoms with E-state index >= 15 is 0 Å². The van der Waals surface area contributed by atoms with E-state index < -0.39 is 0 Å². The van der Waals surface area contributed by atoms with E-state index in [0.29, 0.717) is 31.7 Å². The number of pyridine rings is 1. The number of anilines is 1. The maximum Gasteiger partial charge on any atom is 0.319 e. The standard InChI is InChI=1S/C14H20N4O2/c1-17(2)14(20)18-9-6-11(7-10-18)13(19)16-12-5-3-4-8-15-12/h3-5,8,11H,6-7,9-10H2,1-2H3,(H,15,16,19). The molecule has 0 spiro atoms. The number of carbonyl (C=O) groups is 2. The third-order valence-electron chi connectivity index (χ3n) is 3.44. The van der Waals surface area contributed by atoms with Crippen molar-refractivity contribution in [2.24, 2.45) is 5.92 Å². The summed E-state index contributed by atoms with van der Waals surface area (Å²) in [5.41, 5.74) is 0. The Bertz CT molecular complexity index is 467. The fourth-order valence-corrected chi connectivity index (χ4v) is 2.28. The van der Waals surface area contributed by atoms with Crippen molar-refractivity contribution >= 4 is 17.8 Å². The quantitative estimate of drug-likeness (QED) is 0.888. The molecule has 2 heterocycles. The number of nitrogens with one attached hydrogen (secondary N) is 1. The van der Waals surface area contributed by atoms with Crippen molar-refractivity contribution in [3.8, 4) is 0 Å². The second-order valence-corrected chi connectivity index (χ2v) is 5.14. The number of nitrogens with zero attached hydrogens (tertiary/aromatic N) is 3. The molecule has 1 aromatic heterocycles. The van der Waals surface area contributed by atoms with Gasteiger partial charge in [0.2, 0.25) is 5.91 Å². The number of likely N-dealkylation sites (tertiary alicyclic amines) is 1. The minimum Gasteiger partial charge on any atom is -0.331 e. The predicted molar refractivity (Wildman–Crippen MR) is 76.2 cm³/mol.